The minimum absolute atomic E-state index is 0.106. The highest BCUT2D eigenvalue weighted by molar-refractivity contribution is 9.09. The predicted octanol–water partition coefficient (Wildman–Crippen LogP) is 5.23. The van der Waals surface area contributed by atoms with E-state index >= 15 is 0 Å². The normalized spacial score (nSPS) is 13.7. The fraction of sp³-hybridized carbons (Fsp3) is 0.571. The van der Waals surface area contributed by atoms with Gasteiger partial charge in [-0.3, -0.25) is 0 Å². The second-order valence-electron chi connectivity index (χ2n) is 5.38. The number of hydrogen-bond donors (Lipinski definition) is 0. The first-order valence-corrected chi connectivity index (χ1v) is 7.35. The van der Waals surface area contributed by atoms with Gasteiger partial charge in [0.1, 0.15) is 0 Å². The Balaban J connectivity index is 2.51. The lowest BCUT2D eigenvalue weighted by molar-refractivity contribution is 0.0521. The van der Waals surface area contributed by atoms with Crippen LogP contribution in [-0.4, -0.2) is 11.9 Å². The zero-order chi connectivity index (χ0) is 12.9. The molecule has 0 aliphatic heterocycles. The van der Waals surface area contributed by atoms with Crippen LogP contribution in [0.15, 0.2) is 24.3 Å². The molecule has 1 atom stereocenters. The molecular weight excluding hydrogens is 300 g/mol. The number of rotatable bonds is 5. The smallest absolute Gasteiger partial charge is 0.0921 e. The van der Waals surface area contributed by atoms with Gasteiger partial charge in [0.05, 0.1) is 6.10 Å². The van der Waals surface area contributed by atoms with Gasteiger partial charge in [0, 0.05) is 17.0 Å². The number of hydrogen-bond acceptors (Lipinski definition) is 1. The van der Waals surface area contributed by atoms with Gasteiger partial charge in [0.2, 0.25) is 0 Å². The van der Waals surface area contributed by atoms with Crippen LogP contribution in [0.3, 0.4) is 0 Å². The van der Waals surface area contributed by atoms with Crippen LogP contribution >= 0.6 is 27.5 Å². The van der Waals surface area contributed by atoms with E-state index in [1.54, 1.807) is 0 Å². The van der Waals surface area contributed by atoms with Crippen molar-refractivity contribution in [3.63, 3.8) is 0 Å². The summed E-state index contributed by atoms with van der Waals surface area (Å²) in [5, 5.41) is 1.57. The van der Waals surface area contributed by atoms with Crippen LogP contribution in [-0.2, 0) is 4.74 Å². The first kappa shape index (κ1) is 15.0. The maximum Gasteiger partial charge on any atom is 0.0921 e. The molecule has 1 unspecified atom stereocenters. The van der Waals surface area contributed by atoms with Crippen molar-refractivity contribution in [1.29, 1.82) is 0 Å². The Kier molecular flexibility index (Phi) is 5.98. The monoisotopic (exact) mass is 318 g/mol. The van der Waals surface area contributed by atoms with Crippen molar-refractivity contribution < 1.29 is 4.74 Å². The molecule has 3 heteroatoms. The Morgan fingerprint density at radius 3 is 2.29 bits per heavy atom. The molecule has 1 aromatic carbocycles. The summed E-state index contributed by atoms with van der Waals surface area (Å²) in [6.07, 6.45) is 1.17. The third-order valence-electron chi connectivity index (χ3n) is 2.55. The number of ether oxygens (including phenoxy) is 1. The van der Waals surface area contributed by atoms with Gasteiger partial charge in [0.15, 0.2) is 0 Å². The van der Waals surface area contributed by atoms with Crippen molar-refractivity contribution in [2.45, 2.75) is 33.3 Å². The van der Waals surface area contributed by atoms with E-state index in [-0.39, 0.29) is 6.10 Å². The molecule has 0 aromatic heterocycles. The number of benzene rings is 1. The molecule has 0 radical (unpaired) electrons. The quantitative estimate of drug-likeness (QED) is 0.675. The summed E-state index contributed by atoms with van der Waals surface area (Å²) in [4.78, 5) is 0. The molecule has 0 saturated heterocycles. The van der Waals surface area contributed by atoms with Gasteiger partial charge < -0.3 is 4.74 Å². The first-order valence-electron chi connectivity index (χ1n) is 5.85. The van der Waals surface area contributed by atoms with Crippen LogP contribution < -0.4 is 0 Å². The molecule has 0 N–H and O–H groups in total. The zero-order valence-electron chi connectivity index (χ0n) is 10.7. The molecule has 1 nitrogen and oxygen atoms in total. The Morgan fingerprint density at radius 1 is 1.24 bits per heavy atom. The maximum absolute atomic E-state index is 5.90. The van der Waals surface area contributed by atoms with Crippen LogP contribution in [0.1, 0.15) is 38.9 Å². The highest BCUT2D eigenvalue weighted by Crippen LogP contribution is 2.24. The molecule has 0 spiro atoms. The average molecular weight is 320 g/mol. The largest absolute Gasteiger partial charge is 0.373 e. The highest BCUT2D eigenvalue weighted by atomic mass is 79.9. The number of halogens is 2. The number of alkyl halides is 1. The van der Waals surface area contributed by atoms with E-state index in [9.17, 15) is 0 Å². The summed E-state index contributed by atoms with van der Waals surface area (Å²) in [6.45, 7) is 7.45. The van der Waals surface area contributed by atoms with Crippen LogP contribution in [0.25, 0.3) is 0 Å². The third kappa shape index (κ3) is 5.89. The van der Waals surface area contributed by atoms with Gasteiger partial charge >= 0.3 is 0 Å². The molecular formula is C14H20BrClO. The molecule has 0 aliphatic rings. The van der Waals surface area contributed by atoms with E-state index in [1.807, 2.05) is 24.3 Å². The van der Waals surface area contributed by atoms with Crippen LogP contribution in [0.4, 0.5) is 0 Å². The lowest BCUT2D eigenvalue weighted by atomic mass is 9.93. The summed E-state index contributed by atoms with van der Waals surface area (Å²) in [7, 11) is 0. The average Bonchev–Trinajstić information content (AvgIpc) is 2.24. The lowest BCUT2D eigenvalue weighted by Gasteiger charge is -2.21. The van der Waals surface area contributed by atoms with Gasteiger partial charge in [-0.15, -0.1) is 0 Å². The van der Waals surface area contributed by atoms with Gasteiger partial charge in [-0.1, -0.05) is 60.4 Å². The Bertz CT molecular complexity index is 329. The molecule has 0 heterocycles. The molecule has 0 aliphatic carbocycles. The molecule has 17 heavy (non-hydrogen) atoms. The van der Waals surface area contributed by atoms with E-state index < -0.39 is 0 Å². The minimum atomic E-state index is 0.106. The van der Waals surface area contributed by atoms with Crippen molar-refractivity contribution in [3.8, 4) is 0 Å². The molecule has 0 fully saturated rings. The van der Waals surface area contributed by atoms with Crippen LogP contribution in [0.5, 0.6) is 0 Å². The second-order valence-corrected chi connectivity index (χ2v) is 6.46. The van der Waals surface area contributed by atoms with Crippen molar-refractivity contribution >= 4 is 27.5 Å². The molecule has 96 valence electrons. The molecule has 1 rings (SSSR count). The van der Waals surface area contributed by atoms with Crippen LogP contribution in [0.2, 0.25) is 5.02 Å². The highest BCUT2D eigenvalue weighted by Gasteiger charge is 2.14. The topological polar surface area (TPSA) is 9.23 Å². The predicted molar refractivity (Wildman–Crippen MR) is 78.0 cm³/mol. The summed E-state index contributed by atoms with van der Waals surface area (Å²) in [5.41, 5.74) is 1.48. The summed E-state index contributed by atoms with van der Waals surface area (Å²) < 4.78 is 5.90. The van der Waals surface area contributed by atoms with E-state index in [1.165, 1.54) is 5.56 Å². The van der Waals surface area contributed by atoms with Crippen LogP contribution in [0, 0.1) is 5.41 Å². The Hall–Kier alpha value is -0.0500. The van der Waals surface area contributed by atoms with Crippen molar-refractivity contribution in [1.82, 2.24) is 0 Å². The first-order chi connectivity index (χ1) is 7.92. The molecule has 0 bridgehead atoms. The van der Waals surface area contributed by atoms with Crippen molar-refractivity contribution in [2.75, 3.05) is 11.9 Å². The molecule has 0 amide bonds. The fourth-order valence-electron chi connectivity index (χ4n) is 1.41. The van der Waals surface area contributed by atoms with Gasteiger partial charge in [-0.05, 0) is 29.5 Å². The standard InChI is InChI=1S/C14H20BrClO/c1-14(2,3)8-9-17-13(10-15)11-4-6-12(16)7-5-11/h4-7,13H,8-10H2,1-3H3. The van der Waals surface area contributed by atoms with Crippen molar-refractivity contribution in [3.05, 3.63) is 34.9 Å². The fourth-order valence-corrected chi connectivity index (χ4v) is 2.10. The van der Waals surface area contributed by atoms with E-state index in [4.69, 9.17) is 16.3 Å². The Morgan fingerprint density at radius 2 is 1.82 bits per heavy atom. The van der Waals surface area contributed by atoms with Crippen molar-refractivity contribution in [2.24, 2.45) is 5.41 Å². The van der Waals surface area contributed by atoms with E-state index in [2.05, 4.69) is 36.7 Å². The van der Waals surface area contributed by atoms with Gasteiger partial charge in [-0.2, -0.15) is 0 Å². The zero-order valence-corrected chi connectivity index (χ0v) is 13.0. The van der Waals surface area contributed by atoms with Gasteiger partial charge in [0.25, 0.3) is 0 Å². The second kappa shape index (κ2) is 6.77. The lowest BCUT2D eigenvalue weighted by Crippen LogP contribution is -2.13. The maximum atomic E-state index is 5.90. The SMILES string of the molecule is CC(C)(C)CCOC(CBr)c1ccc(Cl)cc1. The summed E-state index contributed by atoms with van der Waals surface area (Å²) in [5.74, 6) is 0. The summed E-state index contributed by atoms with van der Waals surface area (Å²) in [6, 6.07) is 7.84. The molecule has 1 aromatic rings. The van der Waals surface area contributed by atoms with Gasteiger partial charge in [-0.25, -0.2) is 0 Å². The Labute approximate surface area is 118 Å². The van der Waals surface area contributed by atoms with E-state index in [0.717, 1.165) is 23.4 Å². The molecule has 0 saturated carbocycles. The minimum Gasteiger partial charge on any atom is -0.373 e. The van der Waals surface area contributed by atoms with E-state index in [0.29, 0.717) is 5.41 Å². The summed E-state index contributed by atoms with van der Waals surface area (Å²) >= 11 is 9.36. The third-order valence-corrected chi connectivity index (χ3v) is 3.39.